The Balaban J connectivity index is 0.00000256. The lowest BCUT2D eigenvalue weighted by molar-refractivity contribution is -0.149. The number of carbonyl (C=O) groups excluding carboxylic acids is 1. The van der Waals surface area contributed by atoms with Gasteiger partial charge in [0.2, 0.25) is 0 Å². The van der Waals surface area contributed by atoms with Crippen LogP contribution in [0.1, 0.15) is 26.7 Å². The summed E-state index contributed by atoms with van der Waals surface area (Å²) in [5.74, 6) is 0.545. The summed E-state index contributed by atoms with van der Waals surface area (Å²) in [4.78, 5) is 17.7. The first-order valence-corrected chi connectivity index (χ1v) is 5.90. The van der Waals surface area contributed by atoms with Crippen molar-refractivity contribution in [3.8, 4) is 0 Å². The highest BCUT2D eigenvalue weighted by atomic mass is 127. The van der Waals surface area contributed by atoms with Gasteiger partial charge in [-0.3, -0.25) is 9.79 Å². The number of halogens is 1. The van der Waals surface area contributed by atoms with Crippen molar-refractivity contribution in [2.75, 3.05) is 26.2 Å². The third-order valence-electron chi connectivity index (χ3n) is 2.76. The molecule has 17 heavy (non-hydrogen) atoms. The number of hydrogen-bond acceptors (Lipinski definition) is 3. The van der Waals surface area contributed by atoms with Gasteiger partial charge < -0.3 is 15.4 Å². The van der Waals surface area contributed by atoms with Gasteiger partial charge in [-0.1, -0.05) is 0 Å². The molecule has 2 N–H and O–H groups in total. The number of carbonyl (C=O) groups is 1. The summed E-state index contributed by atoms with van der Waals surface area (Å²) in [6.07, 6.45) is 1.61. The highest BCUT2D eigenvalue weighted by molar-refractivity contribution is 14.0. The fourth-order valence-corrected chi connectivity index (χ4v) is 1.87. The van der Waals surface area contributed by atoms with Gasteiger partial charge in [0.25, 0.3) is 0 Å². The molecule has 0 aromatic carbocycles. The Morgan fingerprint density at radius 3 is 2.47 bits per heavy atom. The lowest BCUT2D eigenvalue weighted by Crippen LogP contribution is -2.44. The number of hydrogen-bond donors (Lipinski definition) is 1. The Bertz CT molecular complexity index is 263. The average Bonchev–Trinajstić information content (AvgIpc) is 2.30. The van der Waals surface area contributed by atoms with E-state index in [-0.39, 0.29) is 35.9 Å². The maximum Gasteiger partial charge on any atom is 0.309 e. The number of nitrogens with zero attached hydrogens (tertiary/aromatic N) is 2. The summed E-state index contributed by atoms with van der Waals surface area (Å²) in [6, 6.07) is 0. The van der Waals surface area contributed by atoms with Crippen molar-refractivity contribution in [2.45, 2.75) is 26.7 Å². The van der Waals surface area contributed by atoms with Gasteiger partial charge in [0.05, 0.1) is 12.5 Å². The van der Waals surface area contributed by atoms with Gasteiger partial charge in [-0.15, -0.1) is 24.0 Å². The second-order valence-electron chi connectivity index (χ2n) is 3.85. The molecule has 1 heterocycles. The first-order chi connectivity index (χ1) is 7.69. The van der Waals surface area contributed by atoms with Crippen LogP contribution in [0.4, 0.5) is 0 Å². The molecule has 6 heteroatoms. The molecule has 0 aromatic rings. The van der Waals surface area contributed by atoms with Crippen molar-refractivity contribution in [3.63, 3.8) is 0 Å². The second kappa shape index (κ2) is 8.54. The molecule has 100 valence electrons. The predicted octanol–water partition coefficient (Wildman–Crippen LogP) is 1.21. The zero-order valence-electron chi connectivity index (χ0n) is 10.5. The zero-order valence-corrected chi connectivity index (χ0v) is 12.8. The Morgan fingerprint density at radius 1 is 1.41 bits per heavy atom. The number of nitrogens with two attached hydrogens (primary N) is 1. The van der Waals surface area contributed by atoms with Crippen LogP contribution in [0.15, 0.2) is 4.99 Å². The molecule has 0 bridgehead atoms. The van der Waals surface area contributed by atoms with E-state index in [0.717, 1.165) is 25.9 Å². The molecule has 5 nitrogen and oxygen atoms in total. The number of ether oxygens (including phenoxy) is 1. The van der Waals surface area contributed by atoms with Crippen LogP contribution in [0.5, 0.6) is 0 Å². The fraction of sp³-hybridized carbons (Fsp3) is 0.818. The van der Waals surface area contributed by atoms with E-state index >= 15 is 0 Å². The summed E-state index contributed by atoms with van der Waals surface area (Å²) < 4.78 is 5.01. The Morgan fingerprint density at radius 2 is 2.00 bits per heavy atom. The van der Waals surface area contributed by atoms with E-state index in [9.17, 15) is 4.79 Å². The van der Waals surface area contributed by atoms with Gasteiger partial charge in [0.15, 0.2) is 5.96 Å². The van der Waals surface area contributed by atoms with Gasteiger partial charge in [-0.25, -0.2) is 0 Å². The fourth-order valence-electron chi connectivity index (χ4n) is 1.87. The SMILES string of the molecule is CCN=C(N)N1CCC(C(=O)OCC)CC1.I. The lowest BCUT2D eigenvalue weighted by atomic mass is 9.97. The van der Waals surface area contributed by atoms with Crippen molar-refractivity contribution in [2.24, 2.45) is 16.6 Å². The number of rotatable bonds is 3. The van der Waals surface area contributed by atoms with Gasteiger partial charge in [0.1, 0.15) is 0 Å². The van der Waals surface area contributed by atoms with E-state index in [4.69, 9.17) is 10.5 Å². The molecule has 1 fully saturated rings. The van der Waals surface area contributed by atoms with E-state index in [2.05, 4.69) is 4.99 Å². The third-order valence-corrected chi connectivity index (χ3v) is 2.76. The Hall–Kier alpha value is -0.530. The van der Waals surface area contributed by atoms with Gasteiger partial charge in [-0.05, 0) is 26.7 Å². The molecular weight excluding hydrogens is 333 g/mol. The topological polar surface area (TPSA) is 67.9 Å². The smallest absolute Gasteiger partial charge is 0.309 e. The lowest BCUT2D eigenvalue weighted by Gasteiger charge is -2.31. The molecule has 1 saturated heterocycles. The number of likely N-dealkylation sites (tertiary alicyclic amines) is 1. The minimum absolute atomic E-state index is 0. The van der Waals surface area contributed by atoms with Crippen molar-refractivity contribution in [3.05, 3.63) is 0 Å². The minimum atomic E-state index is -0.0758. The largest absolute Gasteiger partial charge is 0.466 e. The third kappa shape index (κ3) is 5.10. The first-order valence-electron chi connectivity index (χ1n) is 5.90. The minimum Gasteiger partial charge on any atom is -0.466 e. The van der Waals surface area contributed by atoms with Crippen LogP contribution in [0, 0.1) is 5.92 Å². The van der Waals surface area contributed by atoms with Crippen LogP contribution in [0.2, 0.25) is 0 Å². The summed E-state index contributed by atoms with van der Waals surface area (Å²) in [6.45, 7) is 6.52. The molecule has 0 radical (unpaired) electrons. The maximum absolute atomic E-state index is 11.5. The van der Waals surface area contributed by atoms with E-state index in [1.165, 1.54) is 0 Å². The van der Waals surface area contributed by atoms with Crippen LogP contribution in [-0.2, 0) is 9.53 Å². The summed E-state index contributed by atoms with van der Waals surface area (Å²) >= 11 is 0. The number of esters is 1. The van der Waals surface area contributed by atoms with Crippen molar-refractivity contribution < 1.29 is 9.53 Å². The highest BCUT2D eigenvalue weighted by Crippen LogP contribution is 2.18. The number of aliphatic imine (C=N–C) groups is 1. The molecular formula is C11H22IN3O2. The van der Waals surface area contributed by atoms with Crippen LogP contribution >= 0.6 is 24.0 Å². The van der Waals surface area contributed by atoms with Crippen LogP contribution in [-0.4, -0.2) is 43.1 Å². The van der Waals surface area contributed by atoms with Crippen LogP contribution < -0.4 is 5.73 Å². The van der Waals surface area contributed by atoms with Crippen molar-refractivity contribution >= 4 is 35.9 Å². The molecule has 0 amide bonds. The van der Waals surface area contributed by atoms with E-state index in [1.54, 1.807) is 0 Å². The first kappa shape index (κ1) is 16.5. The average molecular weight is 355 g/mol. The van der Waals surface area contributed by atoms with Crippen molar-refractivity contribution in [1.82, 2.24) is 4.90 Å². The normalized spacial score (nSPS) is 17.5. The molecule has 0 aliphatic carbocycles. The quantitative estimate of drug-likeness (QED) is 0.358. The molecule has 1 aliphatic heterocycles. The molecule has 0 saturated carbocycles. The van der Waals surface area contributed by atoms with Crippen molar-refractivity contribution in [1.29, 1.82) is 0 Å². The summed E-state index contributed by atoms with van der Waals surface area (Å²) in [5, 5.41) is 0. The standard InChI is InChI=1S/C11H21N3O2.HI/c1-3-13-11(12)14-7-5-9(6-8-14)10(15)16-4-2;/h9H,3-8H2,1-2H3,(H2,12,13);1H. The Labute approximate surface area is 120 Å². The molecule has 0 aromatic heterocycles. The number of piperidine rings is 1. The summed E-state index contributed by atoms with van der Waals surface area (Å²) in [5.41, 5.74) is 5.80. The van der Waals surface area contributed by atoms with Gasteiger partial charge in [-0.2, -0.15) is 0 Å². The van der Waals surface area contributed by atoms with Gasteiger partial charge in [0, 0.05) is 19.6 Å². The molecule has 0 atom stereocenters. The van der Waals surface area contributed by atoms with Gasteiger partial charge >= 0.3 is 5.97 Å². The molecule has 1 rings (SSSR count). The van der Waals surface area contributed by atoms with Crippen LogP contribution in [0.3, 0.4) is 0 Å². The molecule has 0 spiro atoms. The zero-order chi connectivity index (χ0) is 12.0. The second-order valence-corrected chi connectivity index (χ2v) is 3.85. The van der Waals surface area contributed by atoms with E-state index < -0.39 is 0 Å². The maximum atomic E-state index is 11.5. The van der Waals surface area contributed by atoms with E-state index in [0.29, 0.717) is 19.1 Å². The Kier molecular flexibility index (Phi) is 8.28. The molecule has 1 aliphatic rings. The molecule has 0 unspecified atom stereocenters. The number of guanidine groups is 1. The summed E-state index contributed by atoms with van der Waals surface area (Å²) in [7, 11) is 0. The van der Waals surface area contributed by atoms with E-state index in [1.807, 2.05) is 18.7 Å². The van der Waals surface area contributed by atoms with Crippen LogP contribution in [0.25, 0.3) is 0 Å². The monoisotopic (exact) mass is 355 g/mol. The predicted molar refractivity (Wildman–Crippen MR) is 78.5 cm³/mol. The highest BCUT2D eigenvalue weighted by Gasteiger charge is 2.26.